The number of carbonyl (C=O) groups is 2. The van der Waals surface area contributed by atoms with Gasteiger partial charge in [0.1, 0.15) is 0 Å². The second-order valence-electron chi connectivity index (χ2n) is 23.5. The molecule has 2 unspecified atom stereocenters. The van der Waals surface area contributed by atoms with Crippen LogP contribution in [-0.4, -0.2) is 47.4 Å². The fraction of sp³-hybridized carbons (Fsp3) is 0.886. The monoisotopic (exact) mass is 1070 g/mol. The summed E-state index contributed by atoms with van der Waals surface area (Å²) in [6, 6.07) is -0.538. The van der Waals surface area contributed by atoms with Crippen LogP contribution in [0.3, 0.4) is 0 Å². The third-order valence-electron chi connectivity index (χ3n) is 15.9. The van der Waals surface area contributed by atoms with Crippen LogP contribution in [0.5, 0.6) is 0 Å². The normalized spacial score (nSPS) is 12.7. The van der Waals surface area contributed by atoms with E-state index in [1.165, 1.54) is 289 Å². The molecule has 0 aliphatic heterocycles. The summed E-state index contributed by atoms with van der Waals surface area (Å²) in [7, 11) is 0. The molecule has 0 radical (unpaired) electrons. The molecule has 6 nitrogen and oxygen atoms in total. The molecule has 0 aliphatic rings. The zero-order chi connectivity index (χ0) is 55.0. The molecule has 0 fully saturated rings. The Balaban J connectivity index is 3.36. The van der Waals surface area contributed by atoms with Gasteiger partial charge in [-0.15, -0.1) is 0 Å². The first-order chi connectivity index (χ1) is 37.5. The summed E-state index contributed by atoms with van der Waals surface area (Å²) in [5.74, 6) is -0.0249. The van der Waals surface area contributed by atoms with Crippen LogP contribution < -0.4 is 5.32 Å². The molecule has 0 heterocycles. The van der Waals surface area contributed by atoms with E-state index in [1.54, 1.807) is 0 Å². The van der Waals surface area contributed by atoms with Crippen LogP contribution in [-0.2, 0) is 14.3 Å². The standard InChI is InChI=1S/C70H133NO5/c1-3-5-7-9-11-13-15-42-46-50-54-58-62-68(73)67(66-72)71-69(74)63-59-55-51-47-43-40-38-36-34-32-30-28-26-24-22-20-18-17-19-21-23-25-27-29-31-33-35-37-39-41-45-49-53-57-61-65-76-70(75)64-60-56-52-48-44-16-14-12-10-8-6-4-2/h12,14,19,21,25,27,67-68,72-73H,3-11,13,15-18,20,22-24,26,28-66H2,1-2H3,(H,71,74)/b14-12-,21-19-,27-25-. The van der Waals surface area contributed by atoms with Crippen molar-refractivity contribution in [1.82, 2.24) is 5.32 Å². The maximum atomic E-state index is 12.5. The summed E-state index contributed by atoms with van der Waals surface area (Å²) in [4.78, 5) is 24.5. The summed E-state index contributed by atoms with van der Waals surface area (Å²) in [5.41, 5.74) is 0. The van der Waals surface area contributed by atoms with Gasteiger partial charge in [-0.1, -0.05) is 314 Å². The number of ether oxygens (including phenoxy) is 1. The number of unbranched alkanes of at least 4 members (excludes halogenated alkanes) is 47. The molecule has 0 aromatic carbocycles. The first-order valence-electron chi connectivity index (χ1n) is 34.2. The first-order valence-corrected chi connectivity index (χ1v) is 34.2. The van der Waals surface area contributed by atoms with Crippen LogP contribution in [0, 0.1) is 0 Å². The van der Waals surface area contributed by atoms with Gasteiger partial charge in [0, 0.05) is 12.8 Å². The number of rotatable bonds is 64. The van der Waals surface area contributed by atoms with Crippen molar-refractivity contribution < 1.29 is 24.5 Å². The largest absolute Gasteiger partial charge is 0.466 e. The molecule has 0 rings (SSSR count). The minimum absolute atomic E-state index is 0.00672. The Bertz CT molecular complexity index is 1230. The molecule has 6 heteroatoms. The van der Waals surface area contributed by atoms with E-state index in [2.05, 4.69) is 55.6 Å². The summed E-state index contributed by atoms with van der Waals surface area (Å²) in [6.45, 7) is 4.94. The molecule has 0 aliphatic carbocycles. The van der Waals surface area contributed by atoms with Gasteiger partial charge in [0.25, 0.3) is 0 Å². The number of hydrogen-bond acceptors (Lipinski definition) is 5. The zero-order valence-electron chi connectivity index (χ0n) is 51.3. The lowest BCUT2D eigenvalue weighted by Gasteiger charge is -2.22. The fourth-order valence-electron chi connectivity index (χ4n) is 10.7. The van der Waals surface area contributed by atoms with Gasteiger partial charge >= 0.3 is 5.97 Å². The van der Waals surface area contributed by atoms with Gasteiger partial charge < -0.3 is 20.3 Å². The van der Waals surface area contributed by atoms with Gasteiger partial charge in [-0.05, 0) is 83.5 Å². The summed E-state index contributed by atoms with van der Waals surface area (Å²) in [6.07, 6.45) is 83.4. The lowest BCUT2D eigenvalue weighted by molar-refractivity contribution is -0.143. The number of aliphatic hydroxyl groups excluding tert-OH is 2. The minimum Gasteiger partial charge on any atom is -0.466 e. The van der Waals surface area contributed by atoms with E-state index in [-0.39, 0.29) is 18.5 Å². The van der Waals surface area contributed by atoms with Crippen molar-refractivity contribution in [2.75, 3.05) is 13.2 Å². The van der Waals surface area contributed by atoms with E-state index in [1.807, 2.05) is 0 Å². The highest BCUT2D eigenvalue weighted by Crippen LogP contribution is 2.18. The fourth-order valence-corrected chi connectivity index (χ4v) is 10.7. The number of esters is 1. The molecule has 448 valence electrons. The second-order valence-corrected chi connectivity index (χ2v) is 23.5. The van der Waals surface area contributed by atoms with Crippen LogP contribution in [0.4, 0.5) is 0 Å². The average molecular weight is 1070 g/mol. The predicted octanol–water partition coefficient (Wildman–Crippen LogP) is 21.9. The summed E-state index contributed by atoms with van der Waals surface area (Å²) in [5, 5.41) is 23.2. The predicted molar refractivity (Wildman–Crippen MR) is 333 cm³/mol. The highest BCUT2D eigenvalue weighted by Gasteiger charge is 2.20. The van der Waals surface area contributed by atoms with Crippen molar-refractivity contribution in [3.05, 3.63) is 36.5 Å². The number of aliphatic hydroxyl groups is 2. The molecule has 0 bridgehead atoms. The molecule has 0 saturated heterocycles. The Hall–Kier alpha value is -1.92. The molecule has 3 N–H and O–H groups in total. The van der Waals surface area contributed by atoms with Crippen LogP contribution in [0.1, 0.15) is 373 Å². The van der Waals surface area contributed by atoms with Crippen molar-refractivity contribution in [2.45, 2.75) is 386 Å². The molecule has 2 atom stereocenters. The molecular formula is C70H133NO5. The number of hydrogen-bond donors (Lipinski definition) is 3. The maximum absolute atomic E-state index is 12.5. The van der Waals surface area contributed by atoms with Gasteiger partial charge in [-0.2, -0.15) is 0 Å². The molecular weight excluding hydrogens is 935 g/mol. The summed E-state index contributed by atoms with van der Waals surface area (Å²) >= 11 is 0. The van der Waals surface area contributed by atoms with Crippen LogP contribution in [0.15, 0.2) is 36.5 Å². The van der Waals surface area contributed by atoms with E-state index in [4.69, 9.17) is 4.74 Å². The van der Waals surface area contributed by atoms with Crippen molar-refractivity contribution in [3.63, 3.8) is 0 Å². The zero-order valence-corrected chi connectivity index (χ0v) is 51.3. The highest BCUT2D eigenvalue weighted by molar-refractivity contribution is 5.76. The quantitative estimate of drug-likeness (QED) is 0.0320. The molecule has 1 amide bonds. The minimum atomic E-state index is -0.661. The van der Waals surface area contributed by atoms with Gasteiger partial charge in [-0.3, -0.25) is 9.59 Å². The van der Waals surface area contributed by atoms with Gasteiger partial charge in [0.05, 0.1) is 25.4 Å². The molecule has 0 aromatic rings. The Morgan fingerprint density at radius 3 is 1.04 bits per heavy atom. The SMILES string of the molecule is CCCCC/C=C\CCCCCCCC(=O)OCCCCCCCCCCCCC/C=C\C/C=C\CCCCCCCCCCCCCCCCCCCC(=O)NC(CO)C(O)CCCCCCCCCCCCCC. The van der Waals surface area contributed by atoms with Crippen molar-refractivity contribution in [2.24, 2.45) is 0 Å². The molecule has 0 aromatic heterocycles. The molecule has 0 saturated carbocycles. The highest BCUT2D eigenvalue weighted by atomic mass is 16.5. The lowest BCUT2D eigenvalue weighted by atomic mass is 10.0. The van der Waals surface area contributed by atoms with Gasteiger partial charge in [-0.25, -0.2) is 0 Å². The Kier molecular flexibility index (Phi) is 63.9. The molecule has 76 heavy (non-hydrogen) atoms. The Morgan fingerprint density at radius 1 is 0.368 bits per heavy atom. The number of carbonyl (C=O) groups excluding carboxylic acids is 2. The third kappa shape index (κ3) is 61.3. The first kappa shape index (κ1) is 74.1. The van der Waals surface area contributed by atoms with E-state index >= 15 is 0 Å². The number of nitrogens with one attached hydrogen (secondary N) is 1. The van der Waals surface area contributed by atoms with Gasteiger partial charge in [0.2, 0.25) is 5.91 Å². The third-order valence-corrected chi connectivity index (χ3v) is 15.9. The van der Waals surface area contributed by atoms with Crippen molar-refractivity contribution in [1.29, 1.82) is 0 Å². The smallest absolute Gasteiger partial charge is 0.305 e. The maximum Gasteiger partial charge on any atom is 0.305 e. The van der Waals surface area contributed by atoms with E-state index in [9.17, 15) is 19.8 Å². The second kappa shape index (κ2) is 65.6. The van der Waals surface area contributed by atoms with E-state index in [0.29, 0.717) is 25.9 Å². The average Bonchev–Trinajstić information content (AvgIpc) is 3.42. The van der Waals surface area contributed by atoms with Crippen LogP contribution in [0.25, 0.3) is 0 Å². The van der Waals surface area contributed by atoms with Crippen molar-refractivity contribution in [3.8, 4) is 0 Å². The lowest BCUT2D eigenvalue weighted by Crippen LogP contribution is -2.45. The van der Waals surface area contributed by atoms with Crippen molar-refractivity contribution >= 4 is 11.9 Å². The molecule has 0 spiro atoms. The Morgan fingerprint density at radius 2 is 0.658 bits per heavy atom. The summed E-state index contributed by atoms with van der Waals surface area (Å²) < 4.78 is 5.47. The number of allylic oxidation sites excluding steroid dienone is 6. The van der Waals surface area contributed by atoms with Crippen LogP contribution in [0.2, 0.25) is 0 Å². The van der Waals surface area contributed by atoms with Crippen LogP contribution >= 0.6 is 0 Å². The number of amides is 1. The van der Waals surface area contributed by atoms with E-state index < -0.39 is 12.1 Å². The topological polar surface area (TPSA) is 95.9 Å². The van der Waals surface area contributed by atoms with Gasteiger partial charge in [0.15, 0.2) is 0 Å². The van der Waals surface area contributed by atoms with E-state index in [0.717, 1.165) is 51.4 Å². The Labute approximate surface area is 474 Å².